The van der Waals surface area contributed by atoms with E-state index in [1.54, 1.807) is 0 Å². The Hall–Kier alpha value is -0.0800. The molecule has 0 aromatic carbocycles. The molecule has 0 aliphatic heterocycles. The largest absolute Gasteiger partial charge is 0.327 e. The van der Waals surface area contributed by atoms with Crippen molar-refractivity contribution in [2.24, 2.45) is 58.8 Å². The molecule has 106 valence electrons. The average molecular weight is 252 g/mol. The van der Waals surface area contributed by atoms with E-state index in [-0.39, 0.29) is 12.1 Å². The first-order valence-corrected chi connectivity index (χ1v) is 7.80. The summed E-state index contributed by atoms with van der Waals surface area (Å²) in [5, 5.41) is 0. The van der Waals surface area contributed by atoms with Crippen LogP contribution < -0.4 is 11.5 Å². The van der Waals surface area contributed by atoms with E-state index in [1.165, 1.54) is 0 Å². The van der Waals surface area contributed by atoms with Crippen LogP contribution in [0.25, 0.3) is 0 Å². The van der Waals surface area contributed by atoms with Gasteiger partial charge in [0.2, 0.25) is 0 Å². The van der Waals surface area contributed by atoms with Crippen molar-refractivity contribution in [1.82, 2.24) is 0 Å². The van der Waals surface area contributed by atoms with E-state index in [2.05, 4.69) is 41.5 Å². The summed E-state index contributed by atoms with van der Waals surface area (Å²) in [6.45, 7) is 14.3. The molecule has 2 aliphatic rings. The van der Waals surface area contributed by atoms with Gasteiger partial charge in [0, 0.05) is 12.1 Å². The van der Waals surface area contributed by atoms with E-state index in [0.717, 1.165) is 23.7 Å². The van der Waals surface area contributed by atoms with Crippen LogP contribution in [0.2, 0.25) is 0 Å². The van der Waals surface area contributed by atoms with Gasteiger partial charge in [-0.25, -0.2) is 0 Å². The second-order valence-electron chi connectivity index (χ2n) is 7.46. The molecule has 0 radical (unpaired) electrons. The van der Waals surface area contributed by atoms with Crippen molar-refractivity contribution in [3.63, 3.8) is 0 Å². The van der Waals surface area contributed by atoms with Gasteiger partial charge in [-0.3, -0.25) is 0 Å². The van der Waals surface area contributed by atoms with E-state index in [0.29, 0.717) is 23.7 Å². The van der Waals surface area contributed by atoms with E-state index >= 15 is 0 Å². The molecule has 0 amide bonds. The van der Waals surface area contributed by atoms with E-state index < -0.39 is 0 Å². The van der Waals surface area contributed by atoms with Crippen LogP contribution in [0.4, 0.5) is 0 Å². The second-order valence-corrected chi connectivity index (χ2v) is 7.46. The average Bonchev–Trinajstić information content (AvgIpc) is 2.35. The first-order valence-electron chi connectivity index (χ1n) is 7.80. The zero-order chi connectivity index (χ0) is 13.8. The van der Waals surface area contributed by atoms with Crippen LogP contribution in [0.3, 0.4) is 0 Å². The van der Waals surface area contributed by atoms with Crippen LogP contribution >= 0.6 is 0 Å². The van der Waals surface area contributed by atoms with E-state index in [1.807, 2.05) is 0 Å². The lowest BCUT2D eigenvalue weighted by molar-refractivity contribution is -0.0675. The van der Waals surface area contributed by atoms with Crippen molar-refractivity contribution in [2.75, 3.05) is 0 Å². The van der Waals surface area contributed by atoms with Gasteiger partial charge in [-0.1, -0.05) is 41.5 Å². The standard InChI is InChI=1S/C16H32N2/c1-7-9(3)13-10(4)8(2)12(6)16(18)14(13)15(17)11(7)5/h7-16H,17-18H2,1-6H3. The number of hydrogen-bond acceptors (Lipinski definition) is 2. The van der Waals surface area contributed by atoms with Crippen molar-refractivity contribution < 1.29 is 0 Å². The lowest BCUT2D eigenvalue weighted by Crippen LogP contribution is -2.64. The minimum absolute atomic E-state index is 0.286. The van der Waals surface area contributed by atoms with Crippen LogP contribution in [0.1, 0.15) is 41.5 Å². The molecule has 2 aliphatic carbocycles. The Morgan fingerprint density at radius 2 is 0.778 bits per heavy atom. The molecule has 8 unspecified atom stereocenters. The lowest BCUT2D eigenvalue weighted by Gasteiger charge is -2.58. The zero-order valence-electron chi connectivity index (χ0n) is 12.9. The molecule has 2 heteroatoms. The first-order chi connectivity index (χ1) is 8.29. The van der Waals surface area contributed by atoms with Gasteiger partial charge in [0.1, 0.15) is 0 Å². The summed E-state index contributed by atoms with van der Waals surface area (Å²) in [4.78, 5) is 0. The fourth-order valence-electron chi connectivity index (χ4n) is 5.01. The molecule has 0 aromatic rings. The highest BCUT2D eigenvalue weighted by atomic mass is 14.8. The highest BCUT2D eigenvalue weighted by Crippen LogP contribution is 2.52. The predicted octanol–water partition coefficient (Wildman–Crippen LogP) is 2.72. The van der Waals surface area contributed by atoms with Gasteiger partial charge < -0.3 is 11.5 Å². The molecular weight excluding hydrogens is 220 g/mol. The van der Waals surface area contributed by atoms with Crippen molar-refractivity contribution in [3.8, 4) is 0 Å². The quantitative estimate of drug-likeness (QED) is 0.696. The molecule has 8 atom stereocenters. The summed E-state index contributed by atoms with van der Waals surface area (Å²) in [5.41, 5.74) is 13.1. The Labute approximate surface area is 113 Å². The number of fused-ring (bicyclic) bond motifs is 1. The van der Waals surface area contributed by atoms with Crippen molar-refractivity contribution in [1.29, 1.82) is 0 Å². The first kappa shape index (κ1) is 14.3. The third kappa shape index (κ3) is 1.84. The van der Waals surface area contributed by atoms with E-state index in [9.17, 15) is 0 Å². The molecule has 2 rings (SSSR count). The molecule has 0 heterocycles. The Balaban J connectivity index is 2.36. The van der Waals surface area contributed by atoms with Crippen molar-refractivity contribution in [2.45, 2.75) is 53.6 Å². The Morgan fingerprint density at radius 3 is 1.11 bits per heavy atom. The molecule has 0 saturated heterocycles. The number of hydrogen-bond donors (Lipinski definition) is 2. The molecule has 2 nitrogen and oxygen atoms in total. The van der Waals surface area contributed by atoms with E-state index in [4.69, 9.17) is 11.5 Å². The highest BCUT2D eigenvalue weighted by Gasteiger charge is 2.53. The molecule has 4 N–H and O–H groups in total. The maximum atomic E-state index is 6.57. The third-order valence-corrected chi connectivity index (χ3v) is 7.08. The second kappa shape index (κ2) is 4.79. The molecule has 0 spiro atoms. The zero-order valence-corrected chi connectivity index (χ0v) is 12.9. The fraction of sp³-hybridized carbons (Fsp3) is 1.00. The van der Waals surface area contributed by atoms with Gasteiger partial charge in [0.05, 0.1) is 0 Å². The Bertz CT molecular complexity index is 245. The molecule has 2 saturated carbocycles. The van der Waals surface area contributed by atoms with Gasteiger partial charge in [0.25, 0.3) is 0 Å². The lowest BCUT2D eigenvalue weighted by atomic mass is 9.49. The summed E-state index contributed by atoms with van der Waals surface area (Å²) in [6, 6.07) is 0.571. The summed E-state index contributed by atoms with van der Waals surface area (Å²) in [7, 11) is 0. The maximum Gasteiger partial charge on any atom is 0.0113 e. The van der Waals surface area contributed by atoms with Crippen molar-refractivity contribution in [3.05, 3.63) is 0 Å². The minimum Gasteiger partial charge on any atom is -0.327 e. The summed E-state index contributed by atoms with van der Waals surface area (Å²) < 4.78 is 0. The highest BCUT2D eigenvalue weighted by molar-refractivity contribution is 5.05. The SMILES string of the molecule is CC1C(C)C(N)C2C(N)C(C)C(C)C(C)C2C1C. The smallest absolute Gasteiger partial charge is 0.0113 e. The molecule has 0 aromatic heterocycles. The Morgan fingerprint density at radius 1 is 0.444 bits per heavy atom. The summed E-state index contributed by atoms with van der Waals surface area (Å²) >= 11 is 0. The van der Waals surface area contributed by atoms with Crippen LogP contribution in [-0.4, -0.2) is 12.1 Å². The van der Waals surface area contributed by atoms with Crippen LogP contribution in [0.15, 0.2) is 0 Å². The maximum absolute atomic E-state index is 6.57. The van der Waals surface area contributed by atoms with Gasteiger partial charge in [0.15, 0.2) is 0 Å². The van der Waals surface area contributed by atoms with Gasteiger partial charge in [-0.2, -0.15) is 0 Å². The normalized spacial score (nSPS) is 61.3. The topological polar surface area (TPSA) is 52.0 Å². The monoisotopic (exact) mass is 252 g/mol. The molecule has 2 fully saturated rings. The fourth-order valence-corrected chi connectivity index (χ4v) is 5.01. The predicted molar refractivity (Wildman–Crippen MR) is 77.9 cm³/mol. The van der Waals surface area contributed by atoms with Crippen LogP contribution in [0, 0.1) is 47.3 Å². The van der Waals surface area contributed by atoms with Crippen molar-refractivity contribution >= 4 is 0 Å². The minimum atomic E-state index is 0.286. The number of nitrogens with two attached hydrogens (primary N) is 2. The molecule has 0 bridgehead atoms. The van der Waals surface area contributed by atoms with Gasteiger partial charge in [-0.05, 0) is 47.3 Å². The summed E-state index contributed by atoms with van der Waals surface area (Å²) in [6.07, 6.45) is 0. The van der Waals surface area contributed by atoms with Gasteiger partial charge in [-0.15, -0.1) is 0 Å². The Kier molecular flexibility index (Phi) is 3.81. The summed E-state index contributed by atoms with van der Waals surface area (Å²) in [5.74, 6) is 5.37. The van der Waals surface area contributed by atoms with Crippen LogP contribution in [0.5, 0.6) is 0 Å². The third-order valence-electron chi connectivity index (χ3n) is 7.08. The van der Waals surface area contributed by atoms with Gasteiger partial charge >= 0.3 is 0 Å². The number of rotatable bonds is 0. The molecule has 18 heavy (non-hydrogen) atoms. The van der Waals surface area contributed by atoms with Crippen LogP contribution in [-0.2, 0) is 0 Å². The molecular formula is C16H32N2.